The van der Waals surface area contributed by atoms with Crippen molar-refractivity contribution in [1.29, 1.82) is 5.26 Å². The zero-order chi connectivity index (χ0) is 22.0. The molecule has 3 aromatic rings. The van der Waals surface area contributed by atoms with Crippen LogP contribution in [0.25, 0.3) is 21.3 Å². The van der Waals surface area contributed by atoms with Crippen LogP contribution >= 0.6 is 11.3 Å². The number of rotatable bonds is 8. The van der Waals surface area contributed by atoms with Crippen molar-refractivity contribution >= 4 is 33.2 Å². The Labute approximate surface area is 182 Å². The number of hydrogen-bond acceptors (Lipinski definition) is 6. The molecule has 6 nitrogen and oxygen atoms in total. The summed E-state index contributed by atoms with van der Waals surface area (Å²) in [4.78, 5) is 28.8. The molecule has 4 rings (SSSR count). The molecule has 8 heteroatoms. The van der Waals surface area contributed by atoms with Crippen molar-refractivity contribution in [2.24, 2.45) is 5.41 Å². The summed E-state index contributed by atoms with van der Waals surface area (Å²) < 4.78 is 19.6. The number of halogens is 1. The van der Waals surface area contributed by atoms with Crippen LogP contribution in [-0.4, -0.2) is 30.3 Å². The number of ketones is 1. The molecule has 0 saturated heterocycles. The van der Waals surface area contributed by atoms with Crippen molar-refractivity contribution in [2.75, 3.05) is 13.7 Å². The van der Waals surface area contributed by atoms with Gasteiger partial charge in [-0.25, -0.2) is 9.37 Å². The molecule has 1 heterocycles. The molecule has 0 aliphatic heterocycles. The zero-order valence-corrected chi connectivity index (χ0v) is 17.7. The van der Waals surface area contributed by atoms with E-state index in [2.05, 4.69) is 16.4 Å². The largest absolute Gasteiger partial charge is 0.496 e. The summed E-state index contributed by atoms with van der Waals surface area (Å²) in [5.74, 6) is -0.106. The predicted octanol–water partition coefficient (Wildman–Crippen LogP) is 4.03. The highest BCUT2D eigenvalue weighted by molar-refractivity contribution is 7.18. The number of fused-ring (bicyclic) bond motifs is 1. The molecule has 0 spiro atoms. The molecule has 1 aliphatic rings. The molecule has 1 aromatic heterocycles. The van der Waals surface area contributed by atoms with E-state index in [1.165, 1.54) is 23.5 Å². The molecule has 0 radical (unpaired) electrons. The fraction of sp³-hybridized carbons (Fsp3) is 0.304. The van der Waals surface area contributed by atoms with Gasteiger partial charge in [0, 0.05) is 18.1 Å². The molecule has 158 valence electrons. The van der Waals surface area contributed by atoms with Crippen LogP contribution in [0.15, 0.2) is 36.4 Å². The average Bonchev–Trinajstić information content (AvgIpc) is 3.42. The van der Waals surface area contributed by atoms with Gasteiger partial charge >= 0.3 is 0 Å². The van der Waals surface area contributed by atoms with E-state index in [1.807, 2.05) is 12.1 Å². The van der Waals surface area contributed by atoms with Crippen LogP contribution in [0.4, 0.5) is 4.39 Å². The molecule has 1 amide bonds. The van der Waals surface area contributed by atoms with Gasteiger partial charge in [0.1, 0.15) is 16.6 Å². The van der Waals surface area contributed by atoms with Crippen LogP contribution < -0.4 is 10.1 Å². The highest BCUT2D eigenvalue weighted by Crippen LogP contribution is 2.48. The number of carbonyl (C=O) groups is 2. The molecule has 2 aromatic carbocycles. The van der Waals surface area contributed by atoms with E-state index in [1.54, 1.807) is 19.2 Å². The number of methoxy groups -OCH3 is 1. The topological polar surface area (TPSA) is 92.1 Å². The highest BCUT2D eigenvalue weighted by Gasteiger charge is 2.44. The van der Waals surface area contributed by atoms with E-state index in [9.17, 15) is 14.0 Å². The number of benzene rings is 2. The first-order valence-corrected chi connectivity index (χ1v) is 10.7. The maximum Gasteiger partial charge on any atom is 0.227 e. The van der Waals surface area contributed by atoms with Crippen molar-refractivity contribution in [1.82, 2.24) is 10.3 Å². The minimum absolute atomic E-state index is 0.0597. The third kappa shape index (κ3) is 4.72. The average molecular weight is 437 g/mol. The second kappa shape index (κ2) is 8.44. The third-order valence-corrected chi connectivity index (χ3v) is 6.35. The number of Topliss-reactive ketones (excluding diaryl/α,β-unsaturated/α-hetero) is 1. The predicted molar refractivity (Wildman–Crippen MR) is 115 cm³/mol. The molecule has 1 aliphatic carbocycles. The second-order valence-corrected chi connectivity index (χ2v) is 8.81. The quantitative estimate of drug-likeness (QED) is 0.574. The molecular weight excluding hydrogens is 417 g/mol. The Morgan fingerprint density at radius 2 is 2.03 bits per heavy atom. The van der Waals surface area contributed by atoms with Gasteiger partial charge < -0.3 is 10.1 Å². The van der Waals surface area contributed by atoms with E-state index in [4.69, 9.17) is 10.00 Å². The number of hydrogen-bond donors (Lipinski definition) is 1. The molecule has 1 saturated carbocycles. The zero-order valence-electron chi connectivity index (χ0n) is 16.9. The lowest BCUT2D eigenvalue weighted by molar-refractivity contribution is -0.125. The maximum atomic E-state index is 13.3. The lowest BCUT2D eigenvalue weighted by atomic mass is 10.0. The van der Waals surface area contributed by atoms with Crippen LogP contribution in [0.3, 0.4) is 0 Å². The SMILES string of the molecule is COc1cc2sc(CC(=O)NCC(=O)CC3(C#N)CC3)nc2cc1-c1ccc(F)cc1. The molecule has 1 N–H and O–H groups in total. The van der Waals surface area contributed by atoms with Gasteiger partial charge in [0.25, 0.3) is 0 Å². The summed E-state index contributed by atoms with van der Waals surface area (Å²) in [7, 11) is 1.57. The summed E-state index contributed by atoms with van der Waals surface area (Å²) in [6.45, 7) is -0.0737. The number of carbonyl (C=O) groups excluding carboxylic acids is 2. The summed E-state index contributed by atoms with van der Waals surface area (Å²) in [5.41, 5.74) is 1.80. The van der Waals surface area contributed by atoms with Crippen LogP contribution in [0.2, 0.25) is 0 Å². The lowest BCUT2D eigenvalue weighted by Crippen LogP contribution is -2.31. The van der Waals surface area contributed by atoms with Gasteiger partial charge in [-0.05, 0) is 36.6 Å². The Hall–Kier alpha value is -3.31. The van der Waals surface area contributed by atoms with Crippen LogP contribution in [-0.2, 0) is 16.0 Å². The first-order chi connectivity index (χ1) is 14.9. The van der Waals surface area contributed by atoms with E-state index in [-0.39, 0.29) is 36.9 Å². The van der Waals surface area contributed by atoms with Crippen molar-refractivity contribution in [3.8, 4) is 22.9 Å². The van der Waals surface area contributed by atoms with Gasteiger partial charge in [-0.3, -0.25) is 9.59 Å². The third-order valence-electron chi connectivity index (χ3n) is 5.33. The first-order valence-electron chi connectivity index (χ1n) is 9.84. The van der Waals surface area contributed by atoms with Crippen molar-refractivity contribution in [3.05, 3.63) is 47.2 Å². The van der Waals surface area contributed by atoms with Gasteiger partial charge in [-0.2, -0.15) is 5.26 Å². The standard InChI is InChI=1S/C23H20FN3O3S/c1-30-19-9-20-18(8-17(19)14-2-4-15(24)5-3-14)27-22(31-20)10-21(29)26-12-16(28)11-23(13-25)6-7-23/h2-5,8-9H,6-7,10-12H2,1H3,(H,26,29). The number of nitriles is 1. The van der Waals surface area contributed by atoms with E-state index >= 15 is 0 Å². The monoisotopic (exact) mass is 437 g/mol. The van der Waals surface area contributed by atoms with E-state index < -0.39 is 5.41 Å². The molecule has 0 unspecified atom stereocenters. The van der Waals surface area contributed by atoms with Crippen LogP contribution in [0.5, 0.6) is 5.75 Å². The number of nitrogens with zero attached hydrogens (tertiary/aromatic N) is 2. The maximum absolute atomic E-state index is 13.3. The molecule has 0 bridgehead atoms. The van der Waals surface area contributed by atoms with Gasteiger partial charge in [-0.1, -0.05) is 12.1 Å². The Kier molecular flexibility index (Phi) is 5.70. The van der Waals surface area contributed by atoms with Crippen LogP contribution in [0.1, 0.15) is 24.3 Å². The molecule has 31 heavy (non-hydrogen) atoms. The summed E-state index contributed by atoms with van der Waals surface area (Å²) >= 11 is 1.38. The number of ether oxygens (including phenoxy) is 1. The molecule has 0 atom stereocenters. The Balaban J connectivity index is 1.45. The first kappa shape index (κ1) is 20.9. The Bertz CT molecular complexity index is 1190. The summed E-state index contributed by atoms with van der Waals surface area (Å²) in [6, 6.07) is 12.0. The van der Waals surface area contributed by atoms with Crippen LogP contribution in [0, 0.1) is 22.6 Å². The van der Waals surface area contributed by atoms with E-state index in [0.717, 1.165) is 28.7 Å². The van der Waals surface area contributed by atoms with Gasteiger partial charge in [-0.15, -0.1) is 11.3 Å². The Morgan fingerprint density at radius 1 is 1.29 bits per heavy atom. The number of amides is 1. The second-order valence-electron chi connectivity index (χ2n) is 7.70. The number of aromatic nitrogens is 1. The summed E-state index contributed by atoms with van der Waals surface area (Å²) in [6.07, 6.45) is 1.75. The highest BCUT2D eigenvalue weighted by atomic mass is 32.1. The van der Waals surface area contributed by atoms with Gasteiger partial charge in [0.05, 0.1) is 41.8 Å². The minimum Gasteiger partial charge on any atom is -0.496 e. The lowest BCUT2D eigenvalue weighted by Gasteiger charge is -2.08. The van der Waals surface area contributed by atoms with Gasteiger partial charge in [0.15, 0.2) is 5.78 Å². The van der Waals surface area contributed by atoms with Crippen molar-refractivity contribution in [3.63, 3.8) is 0 Å². The minimum atomic E-state index is -0.504. The van der Waals surface area contributed by atoms with E-state index in [0.29, 0.717) is 16.3 Å². The van der Waals surface area contributed by atoms with Crippen molar-refractivity contribution in [2.45, 2.75) is 25.7 Å². The number of nitrogens with one attached hydrogen (secondary N) is 1. The van der Waals surface area contributed by atoms with Crippen molar-refractivity contribution < 1.29 is 18.7 Å². The smallest absolute Gasteiger partial charge is 0.227 e. The summed E-state index contributed by atoms with van der Waals surface area (Å²) in [5, 5.41) is 12.3. The molecular formula is C23H20FN3O3S. The number of thiazole rings is 1. The van der Waals surface area contributed by atoms with Gasteiger partial charge in [0.2, 0.25) is 5.91 Å². The fourth-order valence-corrected chi connectivity index (χ4v) is 4.39. The fourth-order valence-electron chi connectivity index (χ4n) is 3.42. The molecule has 1 fully saturated rings. The Morgan fingerprint density at radius 3 is 2.68 bits per heavy atom. The normalized spacial score (nSPS) is 14.1.